The predicted molar refractivity (Wildman–Crippen MR) is 129 cm³/mol. The highest BCUT2D eigenvalue weighted by atomic mass is 16.2. The zero-order chi connectivity index (χ0) is 22.6. The normalized spacial score (nSPS) is 43.5. The summed E-state index contributed by atoms with van der Waals surface area (Å²) >= 11 is 0. The van der Waals surface area contributed by atoms with Gasteiger partial charge >= 0.3 is 0 Å². The number of fused-ring (bicyclic) bond motifs is 5. The summed E-state index contributed by atoms with van der Waals surface area (Å²) in [5.74, 6) is 4.64. The van der Waals surface area contributed by atoms with Crippen LogP contribution in [-0.4, -0.2) is 10.9 Å². The standard InChI is InChI=1S/C29H44O2/c1-18(2)19(3)7-8-20(4)24-11-12-25-23-10-9-22-15-27(31)21(17-30)16-29(22,6)26(23)13-14-28(24,25)5/h7-8,10,17-20,22,24-26,30H,9,11-16H2,1-6H3/b8-7+,21-17-/t19-,20+,22?,24?,25?,26?,28?,29?/m0/s1. The number of Topliss-reactive ketones (excluding diaryl/α,β-unsaturated/α-hetero) is 1. The summed E-state index contributed by atoms with van der Waals surface area (Å²) in [5, 5.41) is 9.67. The Morgan fingerprint density at radius 3 is 2.42 bits per heavy atom. The monoisotopic (exact) mass is 424 g/mol. The Morgan fingerprint density at radius 1 is 1.03 bits per heavy atom. The Balaban J connectivity index is 1.57. The van der Waals surface area contributed by atoms with E-state index in [0.717, 1.165) is 25.0 Å². The van der Waals surface area contributed by atoms with Gasteiger partial charge in [-0.3, -0.25) is 4.79 Å². The predicted octanol–water partition coefficient (Wildman–Crippen LogP) is 7.67. The molecule has 1 N–H and O–H groups in total. The number of ketones is 1. The number of hydrogen-bond donors (Lipinski definition) is 1. The fourth-order valence-corrected chi connectivity index (χ4v) is 8.00. The van der Waals surface area contributed by atoms with E-state index >= 15 is 0 Å². The van der Waals surface area contributed by atoms with E-state index in [4.69, 9.17) is 0 Å². The summed E-state index contributed by atoms with van der Waals surface area (Å²) in [6, 6.07) is 0. The van der Waals surface area contributed by atoms with Crippen LogP contribution in [0.5, 0.6) is 0 Å². The minimum Gasteiger partial charge on any atom is -0.515 e. The smallest absolute Gasteiger partial charge is 0.162 e. The molecule has 0 aromatic heterocycles. The zero-order valence-corrected chi connectivity index (χ0v) is 20.7. The molecule has 0 aliphatic heterocycles. The molecule has 0 radical (unpaired) electrons. The molecule has 31 heavy (non-hydrogen) atoms. The lowest BCUT2D eigenvalue weighted by atomic mass is 9.47. The van der Waals surface area contributed by atoms with Crippen LogP contribution in [0.3, 0.4) is 0 Å². The van der Waals surface area contributed by atoms with Crippen LogP contribution in [0.4, 0.5) is 0 Å². The van der Waals surface area contributed by atoms with E-state index in [-0.39, 0.29) is 11.2 Å². The lowest BCUT2D eigenvalue weighted by Crippen LogP contribution is -2.49. The van der Waals surface area contributed by atoms with Crippen molar-refractivity contribution >= 4 is 5.78 Å². The van der Waals surface area contributed by atoms with Gasteiger partial charge in [-0.2, -0.15) is 0 Å². The molecule has 0 spiro atoms. The number of carbonyl (C=O) groups is 1. The number of hydrogen-bond acceptors (Lipinski definition) is 2. The topological polar surface area (TPSA) is 37.3 Å². The van der Waals surface area contributed by atoms with Crippen LogP contribution < -0.4 is 0 Å². The largest absolute Gasteiger partial charge is 0.515 e. The molecule has 2 nitrogen and oxygen atoms in total. The molecular weight excluding hydrogens is 380 g/mol. The molecule has 3 fully saturated rings. The third kappa shape index (κ3) is 3.66. The molecule has 8 atom stereocenters. The molecule has 6 unspecified atom stereocenters. The van der Waals surface area contributed by atoms with Gasteiger partial charge in [0.05, 0.1) is 6.26 Å². The van der Waals surface area contributed by atoms with Crippen molar-refractivity contribution < 1.29 is 9.90 Å². The third-order valence-corrected chi connectivity index (χ3v) is 10.5. The van der Waals surface area contributed by atoms with Crippen molar-refractivity contribution in [2.75, 3.05) is 0 Å². The van der Waals surface area contributed by atoms with Crippen molar-refractivity contribution in [3.8, 4) is 0 Å². The molecule has 0 heterocycles. The average molecular weight is 425 g/mol. The second-order valence-corrected chi connectivity index (χ2v) is 12.3. The Kier molecular flexibility index (Phi) is 6.07. The van der Waals surface area contributed by atoms with Gasteiger partial charge in [-0.1, -0.05) is 65.3 Å². The van der Waals surface area contributed by atoms with E-state index in [0.29, 0.717) is 52.9 Å². The number of aliphatic hydroxyl groups excluding tert-OH is 1. The fraction of sp³-hybridized carbons (Fsp3) is 0.759. The van der Waals surface area contributed by atoms with Gasteiger partial charge in [0, 0.05) is 12.0 Å². The highest BCUT2D eigenvalue weighted by Gasteiger charge is 2.58. The first-order valence-corrected chi connectivity index (χ1v) is 12.9. The van der Waals surface area contributed by atoms with Gasteiger partial charge < -0.3 is 5.11 Å². The molecule has 0 aromatic carbocycles. The van der Waals surface area contributed by atoms with E-state index in [1.807, 2.05) is 0 Å². The summed E-state index contributed by atoms with van der Waals surface area (Å²) in [6.07, 6.45) is 16.3. The van der Waals surface area contributed by atoms with E-state index < -0.39 is 0 Å². The van der Waals surface area contributed by atoms with Crippen LogP contribution >= 0.6 is 0 Å². The maximum absolute atomic E-state index is 12.4. The van der Waals surface area contributed by atoms with Gasteiger partial charge in [-0.25, -0.2) is 0 Å². The second-order valence-electron chi connectivity index (χ2n) is 12.3. The molecule has 4 aliphatic rings. The average Bonchev–Trinajstić information content (AvgIpc) is 3.09. The van der Waals surface area contributed by atoms with Crippen LogP contribution in [0, 0.1) is 52.3 Å². The van der Waals surface area contributed by atoms with Crippen LogP contribution in [0.15, 0.2) is 35.6 Å². The lowest BCUT2D eigenvalue weighted by Gasteiger charge is -2.57. The SMILES string of the molecule is CC(C)[C@@H](C)/C=C/[C@@H](C)C1CCC2C3=CCC4CC(=O)/C(=C\O)CC4(C)C3CCC21C. The number of aliphatic hydroxyl groups is 1. The van der Waals surface area contributed by atoms with Crippen molar-refractivity contribution in [3.63, 3.8) is 0 Å². The van der Waals surface area contributed by atoms with Gasteiger partial charge in [-0.15, -0.1) is 0 Å². The maximum Gasteiger partial charge on any atom is 0.162 e. The first-order valence-electron chi connectivity index (χ1n) is 12.9. The van der Waals surface area contributed by atoms with Crippen LogP contribution in [0.25, 0.3) is 0 Å². The molecule has 172 valence electrons. The number of carbonyl (C=O) groups excluding carboxylic acids is 1. The van der Waals surface area contributed by atoms with E-state index in [1.165, 1.54) is 25.7 Å². The molecule has 3 saturated carbocycles. The summed E-state index contributed by atoms with van der Waals surface area (Å²) in [5.41, 5.74) is 2.91. The van der Waals surface area contributed by atoms with Gasteiger partial charge in [0.25, 0.3) is 0 Å². The van der Waals surface area contributed by atoms with E-state index in [2.05, 4.69) is 59.8 Å². The third-order valence-electron chi connectivity index (χ3n) is 10.5. The van der Waals surface area contributed by atoms with Crippen LogP contribution in [0.1, 0.15) is 86.5 Å². The summed E-state index contributed by atoms with van der Waals surface area (Å²) in [4.78, 5) is 12.4. The molecule has 0 amide bonds. The van der Waals surface area contributed by atoms with Crippen molar-refractivity contribution in [2.24, 2.45) is 52.3 Å². The van der Waals surface area contributed by atoms with E-state index in [9.17, 15) is 9.90 Å². The molecule has 0 bridgehead atoms. The van der Waals surface area contributed by atoms with Crippen LogP contribution in [0.2, 0.25) is 0 Å². The molecule has 0 aromatic rings. The summed E-state index contributed by atoms with van der Waals surface area (Å²) < 4.78 is 0. The molecule has 4 aliphatic carbocycles. The highest BCUT2D eigenvalue weighted by molar-refractivity contribution is 5.96. The summed E-state index contributed by atoms with van der Waals surface area (Å²) in [7, 11) is 0. The fourth-order valence-electron chi connectivity index (χ4n) is 8.00. The summed E-state index contributed by atoms with van der Waals surface area (Å²) in [6.45, 7) is 14.4. The zero-order valence-electron chi connectivity index (χ0n) is 20.7. The Labute approximate surface area is 190 Å². The van der Waals surface area contributed by atoms with Crippen LogP contribution in [-0.2, 0) is 4.79 Å². The quantitative estimate of drug-likeness (QED) is 0.285. The highest BCUT2D eigenvalue weighted by Crippen LogP contribution is 2.66. The second kappa shape index (κ2) is 8.23. The Bertz CT molecular complexity index is 802. The first kappa shape index (κ1) is 22.9. The minimum atomic E-state index is 0.129. The molecular formula is C29H44O2. The molecule has 2 heteroatoms. The number of allylic oxidation sites excluding steroid dienone is 5. The minimum absolute atomic E-state index is 0.129. The van der Waals surface area contributed by atoms with E-state index in [1.54, 1.807) is 5.57 Å². The van der Waals surface area contributed by atoms with Crippen molar-refractivity contribution in [3.05, 3.63) is 35.6 Å². The molecule has 0 saturated heterocycles. The van der Waals surface area contributed by atoms with Gasteiger partial charge in [0.2, 0.25) is 0 Å². The molecule has 4 rings (SSSR count). The van der Waals surface area contributed by atoms with Crippen molar-refractivity contribution in [1.82, 2.24) is 0 Å². The van der Waals surface area contributed by atoms with Crippen molar-refractivity contribution in [2.45, 2.75) is 86.5 Å². The first-order chi connectivity index (χ1) is 14.6. The lowest BCUT2D eigenvalue weighted by molar-refractivity contribution is -0.121. The van der Waals surface area contributed by atoms with Gasteiger partial charge in [0.1, 0.15) is 0 Å². The Hall–Kier alpha value is -1.31. The van der Waals surface area contributed by atoms with Gasteiger partial charge in [0.15, 0.2) is 5.78 Å². The maximum atomic E-state index is 12.4. The van der Waals surface area contributed by atoms with Gasteiger partial charge in [-0.05, 0) is 90.8 Å². The van der Waals surface area contributed by atoms with Crippen molar-refractivity contribution in [1.29, 1.82) is 0 Å². The number of rotatable bonds is 4. The Morgan fingerprint density at radius 2 is 1.74 bits per heavy atom.